The predicted octanol–water partition coefficient (Wildman–Crippen LogP) is 2.06. The van der Waals surface area contributed by atoms with Gasteiger partial charge < -0.3 is 9.64 Å². The molecule has 1 aromatic rings. The van der Waals surface area contributed by atoms with Crippen LogP contribution in [0.25, 0.3) is 0 Å². The number of ketones is 1. The van der Waals surface area contributed by atoms with Gasteiger partial charge in [-0.05, 0) is 6.92 Å². The Morgan fingerprint density at radius 3 is 2.33 bits per heavy atom. The molecule has 0 aliphatic carbocycles. The number of carbonyl (C=O) groups is 3. The molecule has 0 saturated carbocycles. The molecule has 0 fully saturated rings. The number of Topliss-reactive ketones (excluding diaryl/α,β-unsaturated/α-hetero) is 1. The zero-order valence-electron chi connectivity index (χ0n) is 12.5. The second-order valence-electron chi connectivity index (χ2n) is 4.66. The Morgan fingerprint density at radius 1 is 1.05 bits per heavy atom. The van der Waals surface area contributed by atoms with Crippen LogP contribution < -0.4 is 0 Å². The summed E-state index contributed by atoms with van der Waals surface area (Å²) in [5.74, 6) is -0.524. The van der Waals surface area contributed by atoms with Crippen molar-refractivity contribution in [3.63, 3.8) is 0 Å². The molecule has 1 amide bonds. The van der Waals surface area contributed by atoms with E-state index in [4.69, 9.17) is 4.74 Å². The zero-order valence-corrected chi connectivity index (χ0v) is 12.5. The first-order chi connectivity index (χ1) is 10.0. The number of carbonyl (C=O) groups excluding carboxylic acids is 3. The van der Waals surface area contributed by atoms with E-state index in [9.17, 15) is 14.4 Å². The number of rotatable bonds is 8. The molecule has 0 unspecified atom stereocenters. The smallest absolute Gasteiger partial charge is 0.307 e. The minimum Gasteiger partial charge on any atom is -0.466 e. The number of hydrogen-bond acceptors (Lipinski definition) is 4. The van der Waals surface area contributed by atoms with Gasteiger partial charge in [-0.2, -0.15) is 0 Å². The monoisotopic (exact) mass is 291 g/mol. The van der Waals surface area contributed by atoms with E-state index in [0.717, 1.165) is 0 Å². The zero-order chi connectivity index (χ0) is 15.7. The molecule has 0 aliphatic rings. The van der Waals surface area contributed by atoms with Gasteiger partial charge in [-0.15, -0.1) is 0 Å². The van der Waals surface area contributed by atoms with Crippen molar-refractivity contribution in [2.75, 3.05) is 20.2 Å². The topological polar surface area (TPSA) is 63.7 Å². The molecule has 0 aliphatic heterocycles. The van der Waals surface area contributed by atoms with E-state index in [1.165, 1.54) is 4.90 Å². The van der Waals surface area contributed by atoms with E-state index in [-0.39, 0.29) is 36.9 Å². The predicted molar refractivity (Wildman–Crippen MR) is 78.9 cm³/mol. The number of nitrogens with zero attached hydrogens (tertiary/aromatic N) is 1. The molecular formula is C16H21NO4. The van der Waals surface area contributed by atoms with Crippen LogP contribution in [0.5, 0.6) is 0 Å². The SMILES string of the molecule is CCOC(=O)CCN(C)C(=O)CCC(=O)c1ccccc1. The van der Waals surface area contributed by atoms with Gasteiger partial charge in [-0.25, -0.2) is 0 Å². The molecule has 0 saturated heterocycles. The molecule has 21 heavy (non-hydrogen) atoms. The van der Waals surface area contributed by atoms with Gasteiger partial charge in [-0.1, -0.05) is 30.3 Å². The summed E-state index contributed by atoms with van der Waals surface area (Å²) < 4.78 is 4.80. The van der Waals surface area contributed by atoms with Crippen LogP contribution in [0.1, 0.15) is 36.5 Å². The van der Waals surface area contributed by atoms with Gasteiger partial charge in [0, 0.05) is 32.0 Å². The lowest BCUT2D eigenvalue weighted by Crippen LogP contribution is -2.29. The maximum absolute atomic E-state index is 11.9. The van der Waals surface area contributed by atoms with Crippen molar-refractivity contribution in [2.24, 2.45) is 0 Å². The van der Waals surface area contributed by atoms with Crippen molar-refractivity contribution in [3.8, 4) is 0 Å². The Morgan fingerprint density at radius 2 is 1.71 bits per heavy atom. The van der Waals surface area contributed by atoms with Crippen molar-refractivity contribution in [1.82, 2.24) is 4.90 Å². The molecular weight excluding hydrogens is 270 g/mol. The van der Waals surface area contributed by atoms with Crippen LogP contribution in [-0.4, -0.2) is 42.8 Å². The summed E-state index contributed by atoms with van der Waals surface area (Å²) in [6.07, 6.45) is 0.488. The number of benzene rings is 1. The van der Waals surface area contributed by atoms with Gasteiger partial charge >= 0.3 is 5.97 Å². The summed E-state index contributed by atoms with van der Waals surface area (Å²) in [5.41, 5.74) is 0.611. The second-order valence-corrected chi connectivity index (χ2v) is 4.66. The standard InChI is InChI=1S/C16H21NO4/c1-3-21-16(20)11-12-17(2)15(19)10-9-14(18)13-7-5-4-6-8-13/h4-8H,3,9-12H2,1-2H3. The highest BCUT2D eigenvalue weighted by molar-refractivity contribution is 5.97. The van der Waals surface area contributed by atoms with Crippen LogP contribution in [0.15, 0.2) is 30.3 Å². The van der Waals surface area contributed by atoms with Gasteiger partial charge in [0.2, 0.25) is 5.91 Å². The van der Waals surface area contributed by atoms with Crippen LogP contribution in [0.3, 0.4) is 0 Å². The van der Waals surface area contributed by atoms with Crippen LogP contribution in [0, 0.1) is 0 Å². The van der Waals surface area contributed by atoms with E-state index < -0.39 is 0 Å². The molecule has 114 valence electrons. The summed E-state index contributed by atoms with van der Waals surface area (Å²) in [6.45, 7) is 2.38. The third-order valence-corrected chi connectivity index (χ3v) is 3.04. The molecule has 1 aromatic carbocycles. The first-order valence-corrected chi connectivity index (χ1v) is 7.02. The first-order valence-electron chi connectivity index (χ1n) is 7.02. The highest BCUT2D eigenvalue weighted by Gasteiger charge is 2.13. The number of esters is 1. The van der Waals surface area contributed by atoms with Crippen LogP contribution >= 0.6 is 0 Å². The highest BCUT2D eigenvalue weighted by atomic mass is 16.5. The maximum atomic E-state index is 11.9. The summed E-state index contributed by atoms with van der Waals surface area (Å²) >= 11 is 0. The molecule has 0 spiro atoms. The fourth-order valence-electron chi connectivity index (χ4n) is 1.80. The molecule has 5 nitrogen and oxygen atoms in total. The Kier molecular flexibility index (Phi) is 7.15. The van der Waals surface area contributed by atoms with E-state index in [1.54, 1.807) is 38.2 Å². The maximum Gasteiger partial charge on any atom is 0.307 e. The lowest BCUT2D eigenvalue weighted by atomic mass is 10.1. The van der Waals surface area contributed by atoms with E-state index in [2.05, 4.69) is 0 Å². The average Bonchev–Trinajstić information content (AvgIpc) is 2.51. The van der Waals surface area contributed by atoms with Gasteiger partial charge in [0.1, 0.15) is 0 Å². The Labute approximate surface area is 124 Å². The van der Waals surface area contributed by atoms with Crippen LogP contribution in [-0.2, 0) is 14.3 Å². The van der Waals surface area contributed by atoms with Gasteiger partial charge in [0.15, 0.2) is 5.78 Å². The minimum atomic E-state index is -0.322. The molecule has 0 atom stereocenters. The van der Waals surface area contributed by atoms with Crippen molar-refractivity contribution < 1.29 is 19.1 Å². The number of ether oxygens (including phenoxy) is 1. The minimum absolute atomic E-state index is 0.0530. The third kappa shape index (κ3) is 6.21. The molecule has 1 rings (SSSR count). The lowest BCUT2D eigenvalue weighted by molar-refractivity contribution is -0.143. The summed E-state index contributed by atoms with van der Waals surface area (Å²) in [5, 5.41) is 0. The van der Waals surface area contributed by atoms with Crippen molar-refractivity contribution in [3.05, 3.63) is 35.9 Å². The Hall–Kier alpha value is -2.17. The molecule has 0 aromatic heterocycles. The normalized spacial score (nSPS) is 10.0. The second kappa shape index (κ2) is 8.89. The average molecular weight is 291 g/mol. The van der Waals surface area contributed by atoms with Crippen molar-refractivity contribution >= 4 is 17.7 Å². The molecule has 0 bridgehead atoms. The molecule has 5 heteroatoms. The lowest BCUT2D eigenvalue weighted by Gasteiger charge is -2.16. The van der Waals surface area contributed by atoms with E-state index >= 15 is 0 Å². The number of hydrogen-bond donors (Lipinski definition) is 0. The summed E-state index contributed by atoms with van der Waals surface area (Å²) in [4.78, 5) is 36.4. The quantitative estimate of drug-likeness (QED) is 0.543. The van der Waals surface area contributed by atoms with Gasteiger partial charge in [-0.3, -0.25) is 14.4 Å². The van der Waals surface area contributed by atoms with Gasteiger partial charge in [0.25, 0.3) is 0 Å². The van der Waals surface area contributed by atoms with Crippen LogP contribution in [0.4, 0.5) is 0 Å². The molecule has 0 N–H and O–H groups in total. The fourth-order valence-corrected chi connectivity index (χ4v) is 1.80. The Balaban J connectivity index is 2.33. The largest absolute Gasteiger partial charge is 0.466 e. The van der Waals surface area contributed by atoms with Crippen molar-refractivity contribution in [1.29, 1.82) is 0 Å². The Bertz CT molecular complexity index is 484. The first kappa shape index (κ1) is 16.9. The summed E-state index contributed by atoms with van der Waals surface area (Å²) in [6, 6.07) is 8.89. The molecule has 0 radical (unpaired) electrons. The number of amides is 1. The summed E-state index contributed by atoms with van der Waals surface area (Å²) in [7, 11) is 1.62. The highest BCUT2D eigenvalue weighted by Crippen LogP contribution is 2.06. The van der Waals surface area contributed by atoms with Crippen LogP contribution in [0.2, 0.25) is 0 Å². The van der Waals surface area contributed by atoms with E-state index in [1.807, 2.05) is 6.07 Å². The van der Waals surface area contributed by atoms with Gasteiger partial charge in [0.05, 0.1) is 13.0 Å². The van der Waals surface area contributed by atoms with E-state index in [0.29, 0.717) is 18.7 Å². The fraction of sp³-hybridized carbons (Fsp3) is 0.438. The molecule has 0 heterocycles. The third-order valence-electron chi connectivity index (χ3n) is 3.04. The van der Waals surface area contributed by atoms with Crippen molar-refractivity contribution in [2.45, 2.75) is 26.2 Å².